The van der Waals surface area contributed by atoms with Gasteiger partial charge in [0, 0.05) is 11.8 Å². The van der Waals surface area contributed by atoms with Crippen molar-refractivity contribution < 1.29 is 10.2 Å². The summed E-state index contributed by atoms with van der Waals surface area (Å²) in [5, 5.41) is 18.9. The molecular formula is C9H13ClN2O2. The summed E-state index contributed by atoms with van der Waals surface area (Å²) in [6.07, 6.45) is -0.566. The standard InChI is InChI=1S/C9H13ClN2O2/c1-5-2-6(4-12-9(5)11)8(14)7(13)3-10/h2,4,7-8,13-14H,3H2,1H3,(H2,11,12). The topological polar surface area (TPSA) is 79.4 Å². The third kappa shape index (κ3) is 2.35. The SMILES string of the molecule is Cc1cc(C(O)C(O)CCl)cnc1N. The van der Waals surface area contributed by atoms with Gasteiger partial charge in [-0.3, -0.25) is 0 Å². The zero-order valence-electron chi connectivity index (χ0n) is 7.81. The number of hydrogen-bond donors (Lipinski definition) is 3. The number of hydrogen-bond acceptors (Lipinski definition) is 4. The van der Waals surface area contributed by atoms with Crippen molar-refractivity contribution in [3.63, 3.8) is 0 Å². The highest BCUT2D eigenvalue weighted by atomic mass is 35.5. The van der Waals surface area contributed by atoms with Crippen LogP contribution in [0.1, 0.15) is 17.2 Å². The Kier molecular flexibility index (Phi) is 3.69. The van der Waals surface area contributed by atoms with Crippen molar-refractivity contribution in [2.75, 3.05) is 11.6 Å². The van der Waals surface area contributed by atoms with Gasteiger partial charge < -0.3 is 15.9 Å². The molecule has 5 heteroatoms. The van der Waals surface area contributed by atoms with E-state index in [4.69, 9.17) is 17.3 Å². The molecule has 0 bridgehead atoms. The summed E-state index contributed by atoms with van der Waals surface area (Å²) in [5.74, 6) is 0.395. The Morgan fingerprint density at radius 3 is 2.71 bits per heavy atom. The van der Waals surface area contributed by atoms with Crippen LogP contribution in [0.3, 0.4) is 0 Å². The van der Waals surface area contributed by atoms with E-state index in [-0.39, 0.29) is 5.88 Å². The molecule has 2 unspecified atom stereocenters. The first kappa shape index (κ1) is 11.2. The van der Waals surface area contributed by atoms with Crippen molar-refractivity contribution in [3.05, 3.63) is 23.4 Å². The maximum Gasteiger partial charge on any atom is 0.126 e. The van der Waals surface area contributed by atoms with Crippen molar-refractivity contribution >= 4 is 17.4 Å². The van der Waals surface area contributed by atoms with E-state index in [1.54, 1.807) is 13.0 Å². The highest BCUT2D eigenvalue weighted by Gasteiger charge is 2.17. The lowest BCUT2D eigenvalue weighted by Gasteiger charge is -2.15. The number of nitrogens with zero attached hydrogens (tertiary/aromatic N) is 1. The second kappa shape index (κ2) is 4.59. The van der Waals surface area contributed by atoms with Crippen LogP contribution in [-0.2, 0) is 0 Å². The van der Waals surface area contributed by atoms with Crippen molar-refractivity contribution in [2.45, 2.75) is 19.1 Å². The lowest BCUT2D eigenvalue weighted by Crippen LogP contribution is -2.20. The van der Waals surface area contributed by atoms with Crippen LogP contribution in [0.2, 0.25) is 0 Å². The first-order valence-corrected chi connectivity index (χ1v) is 4.73. The number of halogens is 1. The van der Waals surface area contributed by atoms with Gasteiger partial charge in [0.1, 0.15) is 11.9 Å². The third-order valence-electron chi connectivity index (χ3n) is 2.00. The molecule has 0 aromatic carbocycles. The monoisotopic (exact) mass is 216 g/mol. The quantitative estimate of drug-likeness (QED) is 0.647. The molecule has 14 heavy (non-hydrogen) atoms. The van der Waals surface area contributed by atoms with E-state index in [0.29, 0.717) is 11.4 Å². The van der Waals surface area contributed by atoms with E-state index in [2.05, 4.69) is 4.98 Å². The summed E-state index contributed by atoms with van der Waals surface area (Å²) in [6.45, 7) is 1.78. The number of rotatable bonds is 3. The number of anilines is 1. The number of aliphatic hydroxyl groups is 2. The number of nitrogens with two attached hydrogens (primary N) is 1. The molecule has 0 saturated carbocycles. The molecule has 1 heterocycles. The zero-order chi connectivity index (χ0) is 10.7. The molecule has 0 aliphatic rings. The minimum absolute atomic E-state index is 0.0232. The number of aliphatic hydroxyl groups excluding tert-OH is 2. The predicted molar refractivity (Wildman–Crippen MR) is 55.1 cm³/mol. The molecule has 1 aromatic rings. The minimum atomic E-state index is -1.01. The molecular weight excluding hydrogens is 204 g/mol. The first-order valence-electron chi connectivity index (χ1n) is 4.20. The molecule has 1 aromatic heterocycles. The number of aryl methyl sites for hydroxylation is 1. The zero-order valence-corrected chi connectivity index (χ0v) is 8.57. The summed E-state index contributed by atoms with van der Waals surface area (Å²) in [6, 6.07) is 1.68. The Balaban J connectivity index is 2.91. The Labute approximate surface area is 87.3 Å². The average molecular weight is 217 g/mol. The normalized spacial score (nSPS) is 15.1. The molecule has 2 atom stereocenters. The Bertz CT molecular complexity index is 320. The van der Waals surface area contributed by atoms with Crippen molar-refractivity contribution in [1.82, 2.24) is 4.98 Å². The van der Waals surface area contributed by atoms with Gasteiger partial charge >= 0.3 is 0 Å². The summed E-state index contributed by atoms with van der Waals surface area (Å²) in [4.78, 5) is 3.88. The fraction of sp³-hybridized carbons (Fsp3) is 0.444. The van der Waals surface area contributed by atoms with Crippen molar-refractivity contribution in [3.8, 4) is 0 Å². The molecule has 0 fully saturated rings. The second-order valence-electron chi connectivity index (χ2n) is 3.14. The van der Waals surface area contributed by atoms with Gasteiger partial charge in [-0.15, -0.1) is 11.6 Å². The van der Waals surface area contributed by atoms with Crippen molar-refractivity contribution in [1.29, 1.82) is 0 Å². The van der Waals surface area contributed by atoms with E-state index in [9.17, 15) is 10.2 Å². The van der Waals surface area contributed by atoms with E-state index < -0.39 is 12.2 Å². The van der Waals surface area contributed by atoms with Crippen LogP contribution in [-0.4, -0.2) is 27.2 Å². The minimum Gasteiger partial charge on any atom is -0.389 e. The van der Waals surface area contributed by atoms with Crippen molar-refractivity contribution in [2.24, 2.45) is 0 Å². The summed E-state index contributed by atoms with van der Waals surface area (Å²) in [5.41, 5.74) is 6.80. The third-order valence-corrected chi connectivity index (χ3v) is 2.32. The van der Waals surface area contributed by atoms with Gasteiger partial charge in [-0.2, -0.15) is 0 Å². The van der Waals surface area contributed by atoms with Gasteiger partial charge in [0.2, 0.25) is 0 Å². The van der Waals surface area contributed by atoms with E-state index in [0.717, 1.165) is 5.56 Å². The molecule has 0 spiro atoms. The number of pyridine rings is 1. The molecule has 0 aliphatic heterocycles. The van der Waals surface area contributed by atoms with E-state index >= 15 is 0 Å². The van der Waals surface area contributed by atoms with Crippen LogP contribution < -0.4 is 5.73 Å². The molecule has 0 aliphatic carbocycles. The molecule has 1 rings (SSSR count). The molecule has 78 valence electrons. The highest BCUT2D eigenvalue weighted by Crippen LogP contribution is 2.19. The van der Waals surface area contributed by atoms with Gasteiger partial charge in [-0.1, -0.05) is 0 Å². The number of nitrogen functional groups attached to an aromatic ring is 1. The van der Waals surface area contributed by atoms with Crippen LogP contribution in [0.25, 0.3) is 0 Å². The molecule has 4 nitrogen and oxygen atoms in total. The van der Waals surface area contributed by atoms with Gasteiger partial charge in [-0.05, 0) is 18.6 Å². The summed E-state index contributed by atoms with van der Waals surface area (Å²) >= 11 is 5.41. The smallest absolute Gasteiger partial charge is 0.126 e. The maximum absolute atomic E-state index is 9.59. The van der Waals surface area contributed by atoms with Crippen LogP contribution in [0.5, 0.6) is 0 Å². The summed E-state index contributed by atoms with van der Waals surface area (Å²) in [7, 11) is 0. The van der Waals surface area contributed by atoms with Gasteiger partial charge in [0.05, 0.1) is 12.0 Å². The molecule has 0 amide bonds. The van der Waals surface area contributed by atoms with Crippen LogP contribution >= 0.6 is 11.6 Å². The number of alkyl halides is 1. The molecule has 4 N–H and O–H groups in total. The lowest BCUT2D eigenvalue weighted by molar-refractivity contribution is 0.0325. The first-order chi connectivity index (χ1) is 6.56. The predicted octanol–water partition coefficient (Wildman–Crippen LogP) is 0.605. The highest BCUT2D eigenvalue weighted by molar-refractivity contribution is 6.18. The second-order valence-corrected chi connectivity index (χ2v) is 3.45. The maximum atomic E-state index is 9.59. The largest absolute Gasteiger partial charge is 0.389 e. The average Bonchev–Trinajstić information content (AvgIpc) is 2.20. The Hall–Kier alpha value is -0.840. The van der Waals surface area contributed by atoms with Crippen LogP contribution in [0.4, 0.5) is 5.82 Å². The van der Waals surface area contributed by atoms with E-state index in [1.807, 2.05) is 0 Å². The van der Waals surface area contributed by atoms with Crippen LogP contribution in [0, 0.1) is 6.92 Å². The van der Waals surface area contributed by atoms with Gasteiger partial charge in [0.25, 0.3) is 0 Å². The van der Waals surface area contributed by atoms with E-state index in [1.165, 1.54) is 6.20 Å². The number of aromatic nitrogens is 1. The fourth-order valence-corrected chi connectivity index (χ4v) is 1.24. The van der Waals surface area contributed by atoms with Crippen LogP contribution in [0.15, 0.2) is 12.3 Å². The molecule has 0 radical (unpaired) electrons. The van der Waals surface area contributed by atoms with Gasteiger partial charge in [-0.25, -0.2) is 4.98 Å². The van der Waals surface area contributed by atoms with Gasteiger partial charge in [0.15, 0.2) is 0 Å². The Morgan fingerprint density at radius 1 is 1.57 bits per heavy atom. The Morgan fingerprint density at radius 2 is 2.21 bits per heavy atom. The molecule has 0 saturated heterocycles. The lowest BCUT2D eigenvalue weighted by atomic mass is 10.1. The fourth-order valence-electron chi connectivity index (χ4n) is 1.08. The summed E-state index contributed by atoms with van der Waals surface area (Å²) < 4.78 is 0.